The lowest BCUT2D eigenvalue weighted by atomic mass is 9.90. The number of terminal acetylenes is 1. The SMILES string of the molecule is C#Cc1cccc(Nc2ncnc3cc(OC)c(C(CCCCCC(=O)NO)C(N)=O)cc23)c1. The molecule has 1 heterocycles. The van der Waals surface area contributed by atoms with Gasteiger partial charge in [0.1, 0.15) is 17.9 Å². The minimum absolute atomic E-state index is 0.213. The predicted octanol–water partition coefficient (Wildman–Crippen LogP) is 3.39. The number of carbonyl (C=O) groups excluding carboxylic acids is 2. The number of nitrogens with two attached hydrogens (primary N) is 1. The number of methoxy groups -OCH3 is 1. The molecule has 1 unspecified atom stereocenters. The standard InChI is InChI=1S/C25H27N5O4/c1-3-16-8-7-9-17(12-16)29-25-20-13-19(22(34-2)14-21(20)27-15-28-25)18(24(26)32)10-5-4-6-11-23(31)30-33/h1,7-9,12-15,18,33H,4-6,10-11H2,2H3,(H2,26,32)(H,30,31)(H,27,28,29). The van der Waals surface area contributed by atoms with Crippen LogP contribution >= 0.6 is 0 Å². The van der Waals surface area contributed by atoms with Gasteiger partial charge in [0, 0.05) is 34.7 Å². The van der Waals surface area contributed by atoms with E-state index < -0.39 is 17.7 Å². The summed E-state index contributed by atoms with van der Waals surface area (Å²) in [6.07, 6.45) is 9.61. The Balaban J connectivity index is 1.90. The Kier molecular flexibility index (Phi) is 8.37. The Morgan fingerprint density at radius 2 is 2.03 bits per heavy atom. The molecule has 3 aromatic rings. The molecule has 0 saturated carbocycles. The van der Waals surface area contributed by atoms with Gasteiger partial charge in [-0.3, -0.25) is 14.8 Å². The number of unbranched alkanes of at least 4 members (excludes halogenated alkanes) is 2. The molecule has 0 spiro atoms. The average Bonchev–Trinajstić information content (AvgIpc) is 2.85. The van der Waals surface area contributed by atoms with Crippen LogP contribution in [0.3, 0.4) is 0 Å². The van der Waals surface area contributed by atoms with E-state index in [0.717, 1.165) is 11.3 Å². The summed E-state index contributed by atoms with van der Waals surface area (Å²) < 4.78 is 5.56. The van der Waals surface area contributed by atoms with Gasteiger partial charge in [-0.15, -0.1) is 6.42 Å². The minimum Gasteiger partial charge on any atom is -0.496 e. The summed E-state index contributed by atoms with van der Waals surface area (Å²) in [4.78, 5) is 32.3. The van der Waals surface area contributed by atoms with Crippen LogP contribution in [0.15, 0.2) is 42.7 Å². The number of hydrogen-bond acceptors (Lipinski definition) is 7. The maximum atomic E-state index is 12.4. The Morgan fingerprint density at radius 1 is 1.21 bits per heavy atom. The van der Waals surface area contributed by atoms with Crippen LogP contribution in [0.2, 0.25) is 0 Å². The van der Waals surface area contributed by atoms with E-state index in [4.69, 9.17) is 22.1 Å². The van der Waals surface area contributed by atoms with Crippen LogP contribution < -0.4 is 21.3 Å². The van der Waals surface area contributed by atoms with Gasteiger partial charge >= 0.3 is 0 Å². The van der Waals surface area contributed by atoms with Crippen molar-refractivity contribution >= 4 is 34.2 Å². The quantitative estimate of drug-likeness (QED) is 0.148. The van der Waals surface area contributed by atoms with Gasteiger partial charge in [-0.05, 0) is 37.1 Å². The Labute approximate surface area is 197 Å². The zero-order valence-corrected chi connectivity index (χ0v) is 18.9. The van der Waals surface area contributed by atoms with Crippen LogP contribution in [0.5, 0.6) is 5.75 Å². The number of nitrogens with one attached hydrogen (secondary N) is 2. The normalized spacial score (nSPS) is 11.4. The van der Waals surface area contributed by atoms with Gasteiger partial charge < -0.3 is 15.8 Å². The number of ether oxygens (including phenoxy) is 1. The van der Waals surface area contributed by atoms with E-state index in [0.29, 0.717) is 53.7 Å². The van der Waals surface area contributed by atoms with E-state index in [1.165, 1.54) is 13.4 Å². The fraction of sp³-hybridized carbons (Fsp3) is 0.280. The summed E-state index contributed by atoms with van der Waals surface area (Å²) in [7, 11) is 1.53. The van der Waals surface area contributed by atoms with Gasteiger partial charge in [0.2, 0.25) is 11.8 Å². The van der Waals surface area contributed by atoms with Crippen molar-refractivity contribution < 1.29 is 19.5 Å². The van der Waals surface area contributed by atoms with Crippen LogP contribution in [0.1, 0.15) is 49.1 Å². The number of carbonyl (C=O) groups is 2. The van der Waals surface area contributed by atoms with Gasteiger partial charge in [0.15, 0.2) is 0 Å². The monoisotopic (exact) mass is 461 g/mol. The number of nitrogens with zero attached hydrogens (tertiary/aromatic N) is 2. The number of rotatable bonds is 11. The topological polar surface area (TPSA) is 139 Å². The van der Waals surface area contributed by atoms with Crippen molar-refractivity contribution in [2.45, 2.75) is 38.0 Å². The highest BCUT2D eigenvalue weighted by Gasteiger charge is 2.23. The second-order valence-corrected chi connectivity index (χ2v) is 7.77. The number of aromatic nitrogens is 2. The van der Waals surface area contributed by atoms with Crippen molar-refractivity contribution in [3.8, 4) is 18.1 Å². The lowest BCUT2D eigenvalue weighted by molar-refractivity contribution is -0.129. The van der Waals surface area contributed by atoms with Crippen LogP contribution in [0.25, 0.3) is 10.9 Å². The van der Waals surface area contributed by atoms with Crippen molar-refractivity contribution in [1.29, 1.82) is 0 Å². The molecule has 3 rings (SSSR count). The molecule has 9 nitrogen and oxygen atoms in total. The van der Waals surface area contributed by atoms with Crippen LogP contribution in [-0.2, 0) is 9.59 Å². The first-order valence-corrected chi connectivity index (χ1v) is 10.9. The van der Waals surface area contributed by atoms with Crippen LogP contribution in [-0.4, -0.2) is 34.1 Å². The third-order valence-electron chi connectivity index (χ3n) is 5.52. The number of amides is 2. The molecule has 2 aromatic carbocycles. The molecule has 9 heteroatoms. The average molecular weight is 462 g/mol. The lowest BCUT2D eigenvalue weighted by Gasteiger charge is -2.19. The summed E-state index contributed by atoms with van der Waals surface area (Å²) in [6, 6.07) is 11.0. The second kappa shape index (κ2) is 11.6. The van der Waals surface area contributed by atoms with Crippen molar-refractivity contribution in [1.82, 2.24) is 15.4 Å². The highest BCUT2D eigenvalue weighted by Crippen LogP contribution is 2.36. The van der Waals surface area contributed by atoms with Crippen molar-refractivity contribution in [2.24, 2.45) is 5.73 Å². The summed E-state index contributed by atoms with van der Waals surface area (Å²) in [5.74, 6) is 2.17. The summed E-state index contributed by atoms with van der Waals surface area (Å²) in [5.41, 5.74) is 10.2. The van der Waals surface area contributed by atoms with Crippen molar-refractivity contribution in [3.63, 3.8) is 0 Å². The highest BCUT2D eigenvalue weighted by molar-refractivity contribution is 5.94. The molecule has 0 aliphatic heterocycles. The maximum Gasteiger partial charge on any atom is 0.243 e. The zero-order valence-electron chi connectivity index (χ0n) is 18.9. The molecule has 0 aliphatic carbocycles. The molecule has 0 aliphatic rings. The molecule has 5 N–H and O–H groups in total. The number of benzene rings is 2. The largest absolute Gasteiger partial charge is 0.496 e. The Morgan fingerprint density at radius 3 is 2.74 bits per heavy atom. The smallest absolute Gasteiger partial charge is 0.243 e. The van der Waals surface area contributed by atoms with Gasteiger partial charge in [0.25, 0.3) is 0 Å². The number of anilines is 2. The molecule has 176 valence electrons. The molecule has 0 bridgehead atoms. The molecule has 2 amide bonds. The fourth-order valence-electron chi connectivity index (χ4n) is 3.79. The van der Waals surface area contributed by atoms with E-state index in [1.54, 1.807) is 11.5 Å². The van der Waals surface area contributed by atoms with E-state index in [2.05, 4.69) is 21.2 Å². The van der Waals surface area contributed by atoms with Crippen LogP contribution in [0.4, 0.5) is 11.5 Å². The molecule has 1 atom stereocenters. The van der Waals surface area contributed by atoms with Gasteiger partial charge in [-0.2, -0.15) is 0 Å². The first kappa shape index (κ1) is 24.5. The molecule has 0 saturated heterocycles. The van der Waals surface area contributed by atoms with Crippen molar-refractivity contribution in [2.75, 3.05) is 12.4 Å². The fourth-order valence-corrected chi connectivity index (χ4v) is 3.79. The van der Waals surface area contributed by atoms with E-state index >= 15 is 0 Å². The van der Waals surface area contributed by atoms with E-state index in [1.807, 2.05) is 30.3 Å². The molecule has 0 radical (unpaired) electrons. The zero-order chi connectivity index (χ0) is 24.5. The van der Waals surface area contributed by atoms with Gasteiger partial charge in [-0.25, -0.2) is 15.4 Å². The van der Waals surface area contributed by atoms with E-state index in [-0.39, 0.29) is 6.42 Å². The third kappa shape index (κ3) is 5.99. The summed E-state index contributed by atoms with van der Waals surface area (Å²) in [6.45, 7) is 0. The van der Waals surface area contributed by atoms with Crippen molar-refractivity contribution in [3.05, 3.63) is 53.9 Å². The third-order valence-corrected chi connectivity index (χ3v) is 5.52. The highest BCUT2D eigenvalue weighted by atomic mass is 16.5. The molecule has 34 heavy (non-hydrogen) atoms. The maximum absolute atomic E-state index is 12.4. The second-order valence-electron chi connectivity index (χ2n) is 7.77. The van der Waals surface area contributed by atoms with Gasteiger partial charge in [-0.1, -0.05) is 24.8 Å². The number of primary amides is 1. The number of hydrogen-bond donors (Lipinski definition) is 4. The van der Waals surface area contributed by atoms with Crippen LogP contribution in [0, 0.1) is 12.3 Å². The first-order chi connectivity index (χ1) is 16.5. The van der Waals surface area contributed by atoms with Gasteiger partial charge in [0.05, 0.1) is 18.5 Å². The molecule has 1 aromatic heterocycles. The molecular formula is C25H27N5O4. The summed E-state index contributed by atoms with van der Waals surface area (Å²) in [5, 5.41) is 12.6. The first-order valence-electron chi connectivity index (χ1n) is 10.9. The number of fused-ring (bicyclic) bond motifs is 1. The Hall–Kier alpha value is -4.16. The summed E-state index contributed by atoms with van der Waals surface area (Å²) >= 11 is 0. The minimum atomic E-state index is -0.594. The Bertz CT molecular complexity index is 1220. The lowest BCUT2D eigenvalue weighted by Crippen LogP contribution is -2.22. The number of hydroxylamine groups is 1. The predicted molar refractivity (Wildman–Crippen MR) is 129 cm³/mol. The van der Waals surface area contributed by atoms with E-state index in [9.17, 15) is 9.59 Å². The molecule has 0 fully saturated rings. The molecular weight excluding hydrogens is 434 g/mol.